The quantitative estimate of drug-likeness (QED) is 0.185. The second-order valence-electron chi connectivity index (χ2n) is 8.90. The molecule has 0 spiro atoms. The first-order valence-electron chi connectivity index (χ1n) is 12.5. The second kappa shape index (κ2) is 12.8. The minimum absolute atomic E-state index is 0.0646. The molecule has 0 aromatic heterocycles. The summed E-state index contributed by atoms with van der Waals surface area (Å²) in [5.41, 5.74) is 4.05. The zero-order valence-electron chi connectivity index (χ0n) is 21.4. The third-order valence-corrected chi connectivity index (χ3v) is 7.68. The van der Waals surface area contributed by atoms with Gasteiger partial charge in [0.2, 0.25) is 0 Å². The van der Waals surface area contributed by atoms with Crippen LogP contribution >= 0.6 is 27.7 Å². The molecule has 1 aliphatic rings. The molecule has 1 fully saturated rings. The van der Waals surface area contributed by atoms with Crippen molar-refractivity contribution >= 4 is 44.8 Å². The molecule has 1 saturated heterocycles. The average Bonchev–Trinajstić information content (AvgIpc) is 3.26. The number of amides is 1. The molecule has 0 aliphatic carbocycles. The van der Waals surface area contributed by atoms with Crippen molar-refractivity contribution in [2.75, 3.05) is 7.11 Å². The SMILES string of the molecule is COc1cc(/C=C2/SC(=NCc3ccccc3)N(Cc3ccccc3)C2=O)ccc1OCc1ccc(Br)cc1. The number of ether oxygens (including phenoxy) is 2. The number of hydrogen-bond donors (Lipinski definition) is 0. The summed E-state index contributed by atoms with van der Waals surface area (Å²) >= 11 is 4.85. The maximum absolute atomic E-state index is 13.5. The van der Waals surface area contributed by atoms with E-state index in [-0.39, 0.29) is 5.91 Å². The molecule has 1 amide bonds. The normalized spacial score (nSPS) is 15.2. The standard InChI is InChI=1S/C32H27BrN2O3S/c1-37-29-18-26(14-17-28(29)38-22-25-12-15-27(33)16-13-25)19-30-31(36)35(21-24-10-6-3-7-11-24)32(39-30)34-20-23-8-4-2-5-9-23/h2-19H,20-22H2,1H3/b30-19+,34-32?. The summed E-state index contributed by atoms with van der Waals surface area (Å²) in [7, 11) is 1.62. The predicted octanol–water partition coefficient (Wildman–Crippen LogP) is 7.71. The number of benzene rings is 4. The molecule has 5 rings (SSSR count). The highest BCUT2D eigenvalue weighted by molar-refractivity contribution is 9.10. The lowest BCUT2D eigenvalue weighted by Crippen LogP contribution is -2.28. The summed E-state index contributed by atoms with van der Waals surface area (Å²) in [5, 5.41) is 0.695. The van der Waals surface area contributed by atoms with E-state index in [2.05, 4.69) is 15.9 Å². The number of hydrogen-bond acceptors (Lipinski definition) is 5. The van der Waals surface area contributed by atoms with E-state index in [0.29, 0.717) is 41.3 Å². The molecular formula is C32H27BrN2O3S. The Morgan fingerprint density at radius 1 is 0.846 bits per heavy atom. The maximum atomic E-state index is 13.5. The lowest BCUT2D eigenvalue weighted by atomic mass is 10.1. The Labute approximate surface area is 241 Å². The van der Waals surface area contributed by atoms with Crippen molar-refractivity contribution in [3.05, 3.63) is 135 Å². The first-order valence-corrected chi connectivity index (χ1v) is 14.1. The molecule has 4 aromatic carbocycles. The van der Waals surface area contributed by atoms with Crippen molar-refractivity contribution in [3.63, 3.8) is 0 Å². The van der Waals surface area contributed by atoms with Crippen molar-refractivity contribution in [3.8, 4) is 11.5 Å². The van der Waals surface area contributed by atoms with Crippen LogP contribution in [0.15, 0.2) is 117 Å². The van der Waals surface area contributed by atoms with Crippen molar-refractivity contribution in [1.82, 2.24) is 4.90 Å². The molecule has 0 unspecified atom stereocenters. The molecule has 1 aliphatic heterocycles. The molecule has 39 heavy (non-hydrogen) atoms. The molecule has 4 aromatic rings. The van der Waals surface area contributed by atoms with Crippen molar-refractivity contribution in [2.24, 2.45) is 4.99 Å². The zero-order valence-corrected chi connectivity index (χ0v) is 23.8. The smallest absolute Gasteiger partial charge is 0.267 e. The fraction of sp³-hybridized carbons (Fsp3) is 0.125. The van der Waals surface area contributed by atoms with Crippen LogP contribution in [0.25, 0.3) is 6.08 Å². The van der Waals surface area contributed by atoms with Gasteiger partial charge in [-0.25, -0.2) is 0 Å². The van der Waals surface area contributed by atoms with E-state index < -0.39 is 0 Å². The predicted molar refractivity (Wildman–Crippen MR) is 162 cm³/mol. The summed E-state index contributed by atoms with van der Waals surface area (Å²) in [6.45, 7) is 1.39. The van der Waals surface area contributed by atoms with Crippen LogP contribution in [0.4, 0.5) is 0 Å². The molecule has 0 radical (unpaired) electrons. The van der Waals surface area contributed by atoms with Gasteiger partial charge in [0.1, 0.15) is 6.61 Å². The highest BCUT2D eigenvalue weighted by Gasteiger charge is 2.33. The van der Waals surface area contributed by atoms with Crippen LogP contribution in [-0.4, -0.2) is 23.1 Å². The van der Waals surface area contributed by atoms with Crippen molar-refractivity contribution in [1.29, 1.82) is 0 Å². The third kappa shape index (κ3) is 6.99. The largest absolute Gasteiger partial charge is 0.493 e. The van der Waals surface area contributed by atoms with Crippen LogP contribution in [-0.2, 0) is 24.5 Å². The van der Waals surface area contributed by atoms with Gasteiger partial charge in [-0.15, -0.1) is 0 Å². The maximum Gasteiger partial charge on any atom is 0.267 e. The van der Waals surface area contributed by atoms with E-state index in [0.717, 1.165) is 26.7 Å². The van der Waals surface area contributed by atoms with Crippen molar-refractivity contribution in [2.45, 2.75) is 19.7 Å². The Bertz CT molecular complexity index is 1490. The van der Waals surface area contributed by atoms with Crippen LogP contribution in [0.1, 0.15) is 22.3 Å². The Morgan fingerprint density at radius 3 is 2.23 bits per heavy atom. The van der Waals surface area contributed by atoms with E-state index in [1.54, 1.807) is 12.0 Å². The van der Waals surface area contributed by atoms with Gasteiger partial charge >= 0.3 is 0 Å². The number of carbonyl (C=O) groups is 1. The lowest BCUT2D eigenvalue weighted by molar-refractivity contribution is -0.122. The Kier molecular flexibility index (Phi) is 8.81. The van der Waals surface area contributed by atoms with Gasteiger partial charge in [-0.05, 0) is 64.4 Å². The minimum Gasteiger partial charge on any atom is -0.493 e. The van der Waals surface area contributed by atoms with Gasteiger partial charge in [-0.3, -0.25) is 14.7 Å². The van der Waals surface area contributed by atoms with Crippen LogP contribution in [0.5, 0.6) is 11.5 Å². The molecule has 0 N–H and O–H groups in total. The highest BCUT2D eigenvalue weighted by Crippen LogP contribution is 2.36. The van der Waals surface area contributed by atoms with Crippen LogP contribution in [0.2, 0.25) is 0 Å². The van der Waals surface area contributed by atoms with Crippen LogP contribution in [0, 0.1) is 0 Å². The topological polar surface area (TPSA) is 51.1 Å². The molecule has 0 saturated carbocycles. The molecule has 0 bridgehead atoms. The Balaban J connectivity index is 1.37. The number of halogens is 1. The number of thioether (sulfide) groups is 1. The number of nitrogens with zero attached hydrogens (tertiary/aromatic N) is 2. The molecule has 196 valence electrons. The fourth-order valence-electron chi connectivity index (χ4n) is 4.06. The number of carbonyl (C=O) groups excluding carboxylic acids is 1. The molecule has 1 heterocycles. The van der Waals surface area contributed by atoms with Gasteiger partial charge in [-0.2, -0.15) is 0 Å². The van der Waals surface area contributed by atoms with Gasteiger partial charge in [-0.1, -0.05) is 94.8 Å². The van der Waals surface area contributed by atoms with Gasteiger partial charge in [0.05, 0.1) is 25.1 Å². The van der Waals surface area contributed by atoms with Crippen LogP contribution < -0.4 is 9.47 Å². The average molecular weight is 600 g/mol. The molecule has 0 atom stereocenters. The summed E-state index contributed by atoms with van der Waals surface area (Å²) in [6, 6.07) is 33.7. The Hall–Kier alpha value is -3.81. The number of methoxy groups -OCH3 is 1. The molecular weight excluding hydrogens is 572 g/mol. The summed E-state index contributed by atoms with van der Waals surface area (Å²) < 4.78 is 12.6. The second-order valence-corrected chi connectivity index (χ2v) is 10.8. The van der Waals surface area contributed by atoms with E-state index in [4.69, 9.17) is 14.5 Å². The number of amidine groups is 1. The van der Waals surface area contributed by atoms with Gasteiger partial charge in [0.25, 0.3) is 5.91 Å². The van der Waals surface area contributed by atoms with Crippen molar-refractivity contribution < 1.29 is 14.3 Å². The summed E-state index contributed by atoms with van der Waals surface area (Å²) in [4.78, 5) is 20.7. The first-order chi connectivity index (χ1) is 19.1. The van der Waals surface area contributed by atoms with E-state index >= 15 is 0 Å². The van der Waals surface area contributed by atoms with Gasteiger partial charge < -0.3 is 9.47 Å². The van der Waals surface area contributed by atoms with Crippen LogP contribution in [0.3, 0.4) is 0 Å². The number of aliphatic imine (C=N–C) groups is 1. The minimum atomic E-state index is -0.0646. The molecule has 7 heteroatoms. The third-order valence-electron chi connectivity index (χ3n) is 6.10. The van der Waals surface area contributed by atoms with Gasteiger partial charge in [0, 0.05) is 4.47 Å². The summed E-state index contributed by atoms with van der Waals surface area (Å²) in [5.74, 6) is 1.19. The summed E-state index contributed by atoms with van der Waals surface area (Å²) in [6.07, 6.45) is 1.89. The van der Waals surface area contributed by atoms with Gasteiger partial charge in [0.15, 0.2) is 16.7 Å². The molecule has 5 nitrogen and oxygen atoms in total. The monoisotopic (exact) mass is 598 g/mol. The zero-order chi connectivity index (χ0) is 27.0. The lowest BCUT2D eigenvalue weighted by Gasteiger charge is -2.15. The number of rotatable bonds is 9. The van der Waals surface area contributed by atoms with E-state index in [1.165, 1.54) is 11.8 Å². The fourth-order valence-corrected chi connectivity index (χ4v) is 5.30. The Morgan fingerprint density at radius 2 is 1.54 bits per heavy atom. The van der Waals surface area contributed by atoms with E-state index in [1.807, 2.05) is 109 Å². The van der Waals surface area contributed by atoms with E-state index in [9.17, 15) is 4.79 Å². The highest BCUT2D eigenvalue weighted by atomic mass is 79.9. The first kappa shape index (κ1) is 26.8.